The molecule has 164 valence electrons. The number of alkyl halides is 3. The van der Waals surface area contributed by atoms with Crippen molar-refractivity contribution < 1.29 is 27.4 Å². The lowest BCUT2D eigenvalue weighted by Gasteiger charge is -2.38. The van der Waals surface area contributed by atoms with Crippen molar-refractivity contribution in [2.75, 3.05) is 24.4 Å². The van der Waals surface area contributed by atoms with Gasteiger partial charge in [-0.3, -0.25) is 0 Å². The molecule has 1 aliphatic rings. The van der Waals surface area contributed by atoms with Crippen molar-refractivity contribution >= 4 is 11.4 Å². The quantitative estimate of drug-likeness (QED) is 0.495. The Balaban J connectivity index is 1.86. The van der Waals surface area contributed by atoms with Crippen LogP contribution in [0.2, 0.25) is 0 Å². The van der Waals surface area contributed by atoms with E-state index in [1.165, 1.54) is 33.1 Å². The number of hydrazine groups is 1. The molecule has 3 rings (SSSR count). The van der Waals surface area contributed by atoms with E-state index in [9.17, 15) is 22.7 Å². The van der Waals surface area contributed by atoms with Crippen molar-refractivity contribution in [3.63, 3.8) is 0 Å². The predicted octanol–water partition coefficient (Wildman–Crippen LogP) is 4.34. The number of halogens is 4. The van der Waals surface area contributed by atoms with Crippen molar-refractivity contribution in [2.45, 2.75) is 44.0 Å². The van der Waals surface area contributed by atoms with Gasteiger partial charge in [-0.05, 0) is 35.6 Å². The zero-order valence-electron chi connectivity index (χ0n) is 17.0. The summed E-state index contributed by atoms with van der Waals surface area (Å²) in [5.74, 6) is -0.421. The van der Waals surface area contributed by atoms with E-state index in [1.54, 1.807) is 18.2 Å². The first-order chi connectivity index (χ1) is 14.0. The third kappa shape index (κ3) is 4.32. The molecule has 0 saturated carbocycles. The van der Waals surface area contributed by atoms with Crippen LogP contribution in [0.25, 0.3) is 0 Å². The zero-order chi connectivity index (χ0) is 22.2. The summed E-state index contributed by atoms with van der Waals surface area (Å²) in [7, 11) is 1.37. The van der Waals surface area contributed by atoms with Gasteiger partial charge in [0.1, 0.15) is 11.6 Å². The maximum Gasteiger partial charge on any atom is 0.418 e. The Kier molecular flexibility index (Phi) is 5.88. The summed E-state index contributed by atoms with van der Waals surface area (Å²) in [5, 5.41) is 13.4. The number of benzene rings is 2. The Morgan fingerprint density at radius 2 is 1.90 bits per heavy atom. The van der Waals surface area contributed by atoms with Crippen molar-refractivity contribution in [3.05, 3.63) is 53.3 Å². The van der Waals surface area contributed by atoms with E-state index < -0.39 is 36.0 Å². The smallest absolute Gasteiger partial charge is 0.418 e. The van der Waals surface area contributed by atoms with Crippen LogP contribution in [0.15, 0.2) is 36.4 Å². The van der Waals surface area contributed by atoms with Gasteiger partial charge in [-0.25, -0.2) is 9.82 Å². The van der Waals surface area contributed by atoms with Crippen LogP contribution in [0, 0.1) is 5.82 Å². The van der Waals surface area contributed by atoms with Crippen LogP contribution < -0.4 is 20.9 Å². The third-order valence-electron chi connectivity index (χ3n) is 5.40. The summed E-state index contributed by atoms with van der Waals surface area (Å²) in [6.07, 6.45) is -5.65. The van der Waals surface area contributed by atoms with Crippen LogP contribution >= 0.6 is 0 Å². The van der Waals surface area contributed by atoms with Gasteiger partial charge in [0.15, 0.2) is 5.60 Å². The summed E-state index contributed by atoms with van der Waals surface area (Å²) < 4.78 is 61.2. The van der Waals surface area contributed by atoms with Crippen LogP contribution in [0.4, 0.5) is 28.9 Å². The van der Waals surface area contributed by atoms with Crippen LogP contribution in [-0.2, 0) is 12.0 Å². The molecule has 0 aromatic heterocycles. The van der Waals surface area contributed by atoms with Gasteiger partial charge < -0.3 is 20.6 Å². The molecular formula is C21H25F4N3O2. The molecule has 9 heteroatoms. The minimum atomic E-state index is -4.92. The van der Waals surface area contributed by atoms with E-state index in [4.69, 9.17) is 4.74 Å². The molecule has 2 aromatic rings. The topological polar surface area (TPSA) is 65.5 Å². The van der Waals surface area contributed by atoms with Gasteiger partial charge in [-0.2, -0.15) is 13.2 Å². The lowest BCUT2D eigenvalue weighted by Crippen LogP contribution is -2.53. The molecule has 2 aromatic carbocycles. The van der Waals surface area contributed by atoms with E-state index in [0.717, 1.165) is 17.3 Å². The number of aliphatic hydroxyl groups is 1. The SMILES string of the molecule is COc1ccc(C(C)(C)CC(O)(CNc2cccc3c2CNN3)C(F)(F)F)c(F)c1. The maximum absolute atomic E-state index is 14.5. The molecule has 0 saturated heterocycles. The fraction of sp³-hybridized carbons (Fsp3) is 0.429. The number of fused-ring (bicyclic) bond motifs is 1. The van der Waals surface area contributed by atoms with Gasteiger partial charge in [0.25, 0.3) is 0 Å². The second-order valence-corrected chi connectivity index (χ2v) is 8.10. The van der Waals surface area contributed by atoms with Crippen molar-refractivity contribution in [1.82, 2.24) is 5.43 Å². The number of ether oxygens (including phenoxy) is 1. The van der Waals surface area contributed by atoms with Gasteiger partial charge >= 0.3 is 6.18 Å². The van der Waals surface area contributed by atoms with Crippen molar-refractivity contribution in [3.8, 4) is 5.75 Å². The molecule has 1 unspecified atom stereocenters. The Labute approximate surface area is 172 Å². The first kappa shape index (κ1) is 22.2. The molecule has 0 aliphatic carbocycles. The molecule has 0 radical (unpaired) electrons. The highest BCUT2D eigenvalue weighted by atomic mass is 19.4. The van der Waals surface area contributed by atoms with Crippen molar-refractivity contribution in [2.24, 2.45) is 0 Å². The monoisotopic (exact) mass is 427 g/mol. The molecule has 4 N–H and O–H groups in total. The second kappa shape index (κ2) is 7.96. The van der Waals surface area contributed by atoms with E-state index in [1.807, 2.05) is 0 Å². The molecule has 30 heavy (non-hydrogen) atoms. The fourth-order valence-corrected chi connectivity index (χ4v) is 3.79. The van der Waals surface area contributed by atoms with E-state index in [2.05, 4.69) is 16.2 Å². The van der Waals surface area contributed by atoms with Gasteiger partial charge in [0.05, 0.1) is 19.3 Å². The van der Waals surface area contributed by atoms with Crippen LogP contribution in [-0.4, -0.2) is 30.5 Å². The lowest BCUT2D eigenvalue weighted by atomic mass is 9.74. The highest BCUT2D eigenvalue weighted by Crippen LogP contribution is 2.42. The lowest BCUT2D eigenvalue weighted by molar-refractivity contribution is -0.260. The molecule has 1 heterocycles. The van der Waals surface area contributed by atoms with Crippen molar-refractivity contribution in [1.29, 1.82) is 0 Å². The number of nitrogens with one attached hydrogen (secondary N) is 3. The Morgan fingerprint density at radius 3 is 2.53 bits per heavy atom. The number of hydrogen-bond acceptors (Lipinski definition) is 5. The summed E-state index contributed by atoms with van der Waals surface area (Å²) in [4.78, 5) is 0. The van der Waals surface area contributed by atoms with Gasteiger partial charge in [0.2, 0.25) is 0 Å². The number of methoxy groups -OCH3 is 1. The average molecular weight is 427 g/mol. The third-order valence-corrected chi connectivity index (χ3v) is 5.40. The van der Waals surface area contributed by atoms with E-state index >= 15 is 0 Å². The first-order valence-electron chi connectivity index (χ1n) is 9.45. The molecule has 0 fully saturated rings. The zero-order valence-corrected chi connectivity index (χ0v) is 17.0. The van der Waals surface area contributed by atoms with E-state index in [0.29, 0.717) is 12.2 Å². The van der Waals surface area contributed by atoms with Gasteiger partial charge in [-0.15, -0.1) is 0 Å². The molecule has 5 nitrogen and oxygen atoms in total. The summed E-state index contributed by atoms with van der Waals surface area (Å²) >= 11 is 0. The molecule has 0 spiro atoms. The number of anilines is 2. The normalized spacial score (nSPS) is 15.9. The van der Waals surface area contributed by atoms with Crippen LogP contribution in [0.1, 0.15) is 31.4 Å². The second-order valence-electron chi connectivity index (χ2n) is 8.10. The maximum atomic E-state index is 14.5. The largest absolute Gasteiger partial charge is 0.497 e. The summed E-state index contributed by atoms with van der Waals surface area (Å²) in [6, 6.07) is 9.14. The number of rotatable bonds is 7. The van der Waals surface area contributed by atoms with Gasteiger partial charge in [0, 0.05) is 23.9 Å². The van der Waals surface area contributed by atoms with Gasteiger partial charge in [-0.1, -0.05) is 26.0 Å². The Bertz CT molecular complexity index is 918. The Morgan fingerprint density at radius 1 is 1.17 bits per heavy atom. The minimum Gasteiger partial charge on any atom is -0.497 e. The highest BCUT2D eigenvalue weighted by Gasteiger charge is 2.56. The molecular weight excluding hydrogens is 402 g/mol. The highest BCUT2D eigenvalue weighted by molar-refractivity contribution is 5.67. The number of hydrogen-bond donors (Lipinski definition) is 4. The molecule has 0 amide bonds. The summed E-state index contributed by atoms with van der Waals surface area (Å²) in [6.45, 7) is 2.62. The summed E-state index contributed by atoms with van der Waals surface area (Å²) in [5.41, 5.74) is 3.54. The standard InChI is InChI=1S/C21H25F4N3O2/c1-19(2,15-8-7-13(30-3)9-16(15)22)11-20(29,21(23,24)25)12-26-17-5-4-6-18-14(17)10-27-28-18/h4-9,26-29H,10-12H2,1-3H3. The Hall–Kier alpha value is -2.52. The molecule has 1 atom stereocenters. The predicted molar refractivity (Wildman–Crippen MR) is 107 cm³/mol. The first-order valence-corrected chi connectivity index (χ1v) is 9.45. The van der Waals surface area contributed by atoms with E-state index in [-0.39, 0.29) is 11.3 Å². The fourth-order valence-electron chi connectivity index (χ4n) is 3.79. The molecule has 1 aliphatic heterocycles. The molecule has 0 bridgehead atoms. The van der Waals surface area contributed by atoms with Crippen LogP contribution in [0.5, 0.6) is 5.75 Å². The minimum absolute atomic E-state index is 0.0694. The average Bonchev–Trinajstić information content (AvgIpc) is 3.14. The van der Waals surface area contributed by atoms with Crippen LogP contribution in [0.3, 0.4) is 0 Å².